The molecule has 0 bridgehead atoms. The van der Waals surface area contributed by atoms with Crippen molar-refractivity contribution in [3.8, 4) is 0 Å². The van der Waals surface area contributed by atoms with Gasteiger partial charge in [0.05, 0.1) is 12.8 Å². The maximum atomic E-state index is 13.3. The highest BCUT2D eigenvalue weighted by molar-refractivity contribution is 5.19. The third kappa shape index (κ3) is 2.27. The second kappa shape index (κ2) is 4.94. The molecule has 1 aliphatic rings. The van der Waals surface area contributed by atoms with Gasteiger partial charge in [-0.15, -0.1) is 0 Å². The lowest BCUT2D eigenvalue weighted by molar-refractivity contribution is 0.0294. The van der Waals surface area contributed by atoms with E-state index in [2.05, 4.69) is 30.7 Å². The van der Waals surface area contributed by atoms with Crippen LogP contribution in [0.15, 0.2) is 18.5 Å². The van der Waals surface area contributed by atoms with E-state index in [0.29, 0.717) is 6.04 Å². The van der Waals surface area contributed by atoms with E-state index in [1.54, 1.807) is 12.3 Å². The van der Waals surface area contributed by atoms with Crippen LogP contribution in [0.5, 0.6) is 0 Å². The molecule has 18 heavy (non-hydrogen) atoms. The summed E-state index contributed by atoms with van der Waals surface area (Å²) in [6.07, 6.45) is 4.80. The van der Waals surface area contributed by atoms with Crippen molar-refractivity contribution in [3.05, 3.63) is 29.8 Å². The summed E-state index contributed by atoms with van der Waals surface area (Å²) in [5, 5.41) is 9.63. The van der Waals surface area contributed by atoms with E-state index in [4.69, 9.17) is 0 Å². The molecule has 0 aromatic carbocycles. The highest BCUT2D eigenvalue weighted by Gasteiger charge is 2.44. The van der Waals surface area contributed by atoms with Gasteiger partial charge in [0.1, 0.15) is 5.82 Å². The quantitative estimate of drug-likeness (QED) is 0.898. The van der Waals surface area contributed by atoms with Crippen LogP contribution in [0.2, 0.25) is 0 Å². The molecule has 4 heteroatoms. The zero-order valence-corrected chi connectivity index (χ0v) is 11.2. The molecule has 0 spiro atoms. The minimum atomic E-state index is -0.297. The van der Waals surface area contributed by atoms with Gasteiger partial charge in [0.2, 0.25) is 0 Å². The molecule has 1 aromatic rings. The number of halogens is 1. The number of likely N-dealkylation sites (tertiary alicyclic amines) is 1. The number of hydrogen-bond donors (Lipinski definition) is 1. The number of hydrogen-bond acceptors (Lipinski definition) is 3. The second-order valence-corrected chi connectivity index (χ2v) is 5.65. The van der Waals surface area contributed by atoms with Crippen molar-refractivity contribution in [2.45, 2.75) is 51.2 Å². The van der Waals surface area contributed by atoms with Crippen LogP contribution in [0.1, 0.15) is 45.2 Å². The lowest BCUT2D eigenvalue weighted by Gasteiger charge is -2.40. The predicted octanol–water partition coefficient (Wildman–Crippen LogP) is 2.52. The van der Waals surface area contributed by atoms with E-state index in [1.807, 2.05) is 0 Å². The maximum Gasteiger partial charge on any atom is 0.141 e. The van der Waals surface area contributed by atoms with Gasteiger partial charge in [0.15, 0.2) is 0 Å². The largest absolute Gasteiger partial charge is 0.394 e. The molecule has 1 fully saturated rings. The molecule has 0 aliphatic carbocycles. The molecule has 1 saturated heterocycles. The van der Waals surface area contributed by atoms with Crippen LogP contribution >= 0.6 is 0 Å². The van der Waals surface area contributed by atoms with Crippen LogP contribution in [0.4, 0.5) is 4.39 Å². The van der Waals surface area contributed by atoms with Crippen molar-refractivity contribution in [1.29, 1.82) is 0 Å². The highest BCUT2D eigenvalue weighted by Crippen LogP contribution is 2.43. The van der Waals surface area contributed by atoms with E-state index < -0.39 is 0 Å². The summed E-state index contributed by atoms with van der Waals surface area (Å²) in [4.78, 5) is 6.21. The van der Waals surface area contributed by atoms with Gasteiger partial charge in [-0.3, -0.25) is 9.88 Å². The van der Waals surface area contributed by atoms with E-state index in [9.17, 15) is 9.50 Å². The molecule has 100 valence electrons. The molecule has 3 nitrogen and oxygen atoms in total. The van der Waals surface area contributed by atoms with Crippen molar-refractivity contribution < 1.29 is 9.50 Å². The standard InChI is InChI=1S/C14H21FN2O/c1-10(2)17-13(4-5-14(17,3)9-18)11-6-12(15)8-16-7-11/h6-8,10,13,18H,4-5,9H2,1-3H3. The number of aliphatic hydroxyl groups is 1. The second-order valence-electron chi connectivity index (χ2n) is 5.65. The fourth-order valence-corrected chi connectivity index (χ4v) is 3.17. The Labute approximate surface area is 108 Å². The SMILES string of the molecule is CC(C)N1C(c2cncc(F)c2)CCC1(C)CO. The van der Waals surface area contributed by atoms with Crippen molar-refractivity contribution in [2.24, 2.45) is 0 Å². The summed E-state index contributed by atoms with van der Waals surface area (Å²) >= 11 is 0. The minimum absolute atomic E-state index is 0.129. The van der Waals surface area contributed by atoms with Gasteiger partial charge in [-0.2, -0.15) is 0 Å². The predicted molar refractivity (Wildman–Crippen MR) is 68.6 cm³/mol. The third-order valence-corrected chi connectivity index (χ3v) is 3.92. The zero-order valence-electron chi connectivity index (χ0n) is 11.2. The molecular formula is C14H21FN2O. The Morgan fingerprint density at radius 2 is 2.28 bits per heavy atom. The third-order valence-electron chi connectivity index (χ3n) is 3.92. The van der Waals surface area contributed by atoms with Crippen LogP contribution in [-0.2, 0) is 0 Å². The molecule has 1 aliphatic heterocycles. The first-order valence-electron chi connectivity index (χ1n) is 6.48. The van der Waals surface area contributed by atoms with E-state index in [1.165, 1.54) is 6.20 Å². The summed E-state index contributed by atoms with van der Waals surface area (Å²) < 4.78 is 13.3. The van der Waals surface area contributed by atoms with Crippen LogP contribution in [-0.4, -0.2) is 33.2 Å². The van der Waals surface area contributed by atoms with Gasteiger partial charge in [0, 0.05) is 23.8 Å². The average molecular weight is 252 g/mol. The zero-order chi connectivity index (χ0) is 13.3. The maximum absolute atomic E-state index is 13.3. The average Bonchev–Trinajstić information content (AvgIpc) is 2.68. The summed E-state index contributed by atoms with van der Waals surface area (Å²) in [7, 11) is 0. The molecule has 0 amide bonds. The first-order valence-corrected chi connectivity index (χ1v) is 6.48. The van der Waals surface area contributed by atoms with Crippen molar-refractivity contribution in [3.63, 3.8) is 0 Å². The Balaban J connectivity index is 2.34. The molecule has 1 aromatic heterocycles. The first-order chi connectivity index (χ1) is 8.48. The molecule has 2 heterocycles. The molecular weight excluding hydrogens is 231 g/mol. The number of aromatic nitrogens is 1. The van der Waals surface area contributed by atoms with Gasteiger partial charge >= 0.3 is 0 Å². The normalized spacial score (nSPS) is 29.1. The van der Waals surface area contributed by atoms with Crippen molar-refractivity contribution in [1.82, 2.24) is 9.88 Å². The lowest BCUT2D eigenvalue weighted by Crippen LogP contribution is -2.48. The monoisotopic (exact) mass is 252 g/mol. The Morgan fingerprint density at radius 3 is 2.83 bits per heavy atom. The van der Waals surface area contributed by atoms with Crippen molar-refractivity contribution >= 4 is 0 Å². The molecule has 2 unspecified atom stereocenters. The number of aliphatic hydroxyl groups excluding tert-OH is 1. The Bertz CT molecular complexity index is 424. The van der Waals surface area contributed by atoms with Crippen LogP contribution in [0, 0.1) is 5.82 Å². The molecule has 0 saturated carbocycles. The van der Waals surface area contributed by atoms with E-state index in [0.717, 1.165) is 18.4 Å². The molecule has 2 atom stereocenters. The van der Waals surface area contributed by atoms with Gasteiger partial charge < -0.3 is 5.11 Å². The first kappa shape index (κ1) is 13.4. The highest BCUT2D eigenvalue weighted by atomic mass is 19.1. The summed E-state index contributed by atoms with van der Waals surface area (Å²) in [6, 6.07) is 2.00. The Morgan fingerprint density at radius 1 is 1.56 bits per heavy atom. The van der Waals surface area contributed by atoms with Crippen LogP contribution in [0.25, 0.3) is 0 Å². The van der Waals surface area contributed by atoms with Gasteiger partial charge in [0.25, 0.3) is 0 Å². The van der Waals surface area contributed by atoms with Crippen molar-refractivity contribution in [2.75, 3.05) is 6.61 Å². The lowest BCUT2D eigenvalue weighted by atomic mass is 9.99. The number of pyridine rings is 1. The molecule has 0 radical (unpaired) electrons. The van der Waals surface area contributed by atoms with Gasteiger partial charge in [-0.25, -0.2) is 4.39 Å². The van der Waals surface area contributed by atoms with Gasteiger partial charge in [-0.05, 0) is 45.2 Å². The summed E-state index contributed by atoms with van der Waals surface area (Å²) in [5.74, 6) is -0.297. The van der Waals surface area contributed by atoms with Crippen LogP contribution in [0.3, 0.4) is 0 Å². The molecule has 2 rings (SSSR count). The summed E-state index contributed by atoms with van der Waals surface area (Å²) in [5.41, 5.74) is 0.686. The number of nitrogens with zero attached hydrogens (tertiary/aromatic N) is 2. The molecule has 1 N–H and O–H groups in total. The van der Waals surface area contributed by atoms with Crippen LogP contribution < -0.4 is 0 Å². The topological polar surface area (TPSA) is 36.4 Å². The van der Waals surface area contributed by atoms with E-state index >= 15 is 0 Å². The number of rotatable bonds is 3. The Hall–Kier alpha value is -1.00. The summed E-state index contributed by atoms with van der Waals surface area (Å²) in [6.45, 7) is 6.42. The van der Waals surface area contributed by atoms with E-state index in [-0.39, 0.29) is 24.0 Å². The fourth-order valence-electron chi connectivity index (χ4n) is 3.17. The fraction of sp³-hybridized carbons (Fsp3) is 0.643. The minimum Gasteiger partial charge on any atom is -0.394 e. The Kier molecular flexibility index (Phi) is 3.69. The van der Waals surface area contributed by atoms with Gasteiger partial charge in [-0.1, -0.05) is 0 Å². The smallest absolute Gasteiger partial charge is 0.141 e.